The van der Waals surface area contributed by atoms with Crippen molar-refractivity contribution >= 4 is 6.09 Å². The smallest absolute Gasteiger partial charge is 0.407 e. The van der Waals surface area contributed by atoms with Gasteiger partial charge in [0.1, 0.15) is 11.4 Å². The van der Waals surface area contributed by atoms with Gasteiger partial charge < -0.3 is 19.9 Å². The standard InChI is InChI=1S/C15H23NO4/c1-10(16-14(18)20-15(2,3)4)13(17)11-6-8-12(19-5)9-7-11/h6-10,13,17H,1-5H3,(H,16,18). The predicted octanol–water partition coefficient (Wildman–Crippen LogP) is 2.64. The molecule has 1 aromatic carbocycles. The predicted molar refractivity (Wildman–Crippen MR) is 76.8 cm³/mol. The SMILES string of the molecule is COc1ccc(C(O)C(C)NC(=O)OC(C)(C)C)cc1. The Labute approximate surface area is 119 Å². The quantitative estimate of drug-likeness (QED) is 0.890. The molecule has 0 saturated heterocycles. The molecule has 0 radical (unpaired) electrons. The van der Waals surface area contributed by atoms with Crippen LogP contribution in [0.3, 0.4) is 0 Å². The summed E-state index contributed by atoms with van der Waals surface area (Å²) in [5.41, 5.74) is 0.142. The second-order valence-corrected chi connectivity index (χ2v) is 5.65. The number of ether oxygens (including phenoxy) is 2. The first-order valence-corrected chi connectivity index (χ1v) is 6.54. The lowest BCUT2D eigenvalue weighted by molar-refractivity contribution is 0.0435. The summed E-state index contributed by atoms with van der Waals surface area (Å²) in [6.07, 6.45) is -1.36. The van der Waals surface area contributed by atoms with Gasteiger partial charge in [0.05, 0.1) is 19.3 Å². The summed E-state index contributed by atoms with van der Waals surface area (Å²) in [7, 11) is 1.58. The van der Waals surface area contributed by atoms with Gasteiger partial charge in [0, 0.05) is 0 Å². The highest BCUT2D eigenvalue weighted by atomic mass is 16.6. The van der Waals surface area contributed by atoms with E-state index >= 15 is 0 Å². The van der Waals surface area contributed by atoms with E-state index in [0.29, 0.717) is 11.3 Å². The maximum atomic E-state index is 11.6. The van der Waals surface area contributed by atoms with Crippen LogP contribution in [0.2, 0.25) is 0 Å². The summed E-state index contributed by atoms with van der Waals surface area (Å²) in [5.74, 6) is 0.716. The summed E-state index contributed by atoms with van der Waals surface area (Å²) < 4.78 is 10.2. The zero-order chi connectivity index (χ0) is 15.3. The van der Waals surface area contributed by atoms with Crippen LogP contribution in [0.1, 0.15) is 39.4 Å². The first-order chi connectivity index (χ1) is 9.23. The van der Waals surface area contributed by atoms with Gasteiger partial charge in [0.25, 0.3) is 0 Å². The molecule has 0 spiro atoms. The van der Waals surface area contributed by atoms with E-state index in [1.54, 1.807) is 59.1 Å². The van der Waals surface area contributed by atoms with Gasteiger partial charge in [0.15, 0.2) is 0 Å². The van der Waals surface area contributed by atoms with Gasteiger partial charge in [-0.1, -0.05) is 12.1 Å². The van der Waals surface area contributed by atoms with Gasteiger partial charge in [-0.05, 0) is 45.4 Å². The minimum atomic E-state index is -0.812. The van der Waals surface area contributed by atoms with Crippen LogP contribution < -0.4 is 10.1 Å². The third-order valence-electron chi connectivity index (χ3n) is 2.68. The maximum Gasteiger partial charge on any atom is 0.407 e. The second-order valence-electron chi connectivity index (χ2n) is 5.65. The molecule has 0 saturated carbocycles. The van der Waals surface area contributed by atoms with Crippen molar-refractivity contribution in [2.45, 2.75) is 45.4 Å². The molecule has 0 fully saturated rings. The van der Waals surface area contributed by atoms with Crippen LogP contribution in [-0.4, -0.2) is 30.0 Å². The molecule has 2 N–H and O–H groups in total. The number of rotatable bonds is 4. The number of hydrogen-bond donors (Lipinski definition) is 2. The summed E-state index contributed by atoms with van der Waals surface area (Å²) in [5, 5.41) is 12.8. The Morgan fingerprint density at radius 2 is 1.80 bits per heavy atom. The highest BCUT2D eigenvalue weighted by molar-refractivity contribution is 5.68. The summed E-state index contributed by atoms with van der Waals surface area (Å²) in [6.45, 7) is 7.09. The molecule has 0 heterocycles. The van der Waals surface area contributed by atoms with Crippen LogP contribution in [0.5, 0.6) is 5.75 Å². The lowest BCUT2D eigenvalue weighted by atomic mass is 10.0. The fraction of sp³-hybridized carbons (Fsp3) is 0.533. The van der Waals surface area contributed by atoms with Crippen LogP contribution >= 0.6 is 0 Å². The van der Waals surface area contributed by atoms with Gasteiger partial charge in [-0.15, -0.1) is 0 Å². The van der Waals surface area contributed by atoms with Gasteiger partial charge in [-0.3, -0.25) is 0 Å². The third-order valence-corrected chi connectivity index (χ3v) is 2.68. The topological polar surface area (TPSA) is 67.8 Å². The minimum Gasteiger partial charge on any atom is -0.497 e. The van der Waals surface area contributed by atoms with Gasteiger partial charge >= 0.3 is 6.09 Å². The molecule has 5 nitrogen and oxygen atoms in total. The molecule has 0 aliphatic rings. The van der Waals surface area contributed by atoms with Crippen molar-refractivity contribution < 1.29 is 19.4 Å². The van der Waals surface area contributed by atoms with E-state index in [0.717, 1.165) is 0 Å². The number of aliphatic hydroxyl groups is 1. The van der Waals surface area contributed by atoms with Crippen LogP contribution in [-0.2, 0) is 4.74 Å². The summed E-state index contributed by atoms with van der Waals surface area (Å²) >= 11 is 0. The van der Waals surface area contributed by atoms with E-state index in [-0.39, 0.29) is 0 Å². The first kappa shape index (κ1) is 16.3. The zero-order valence-electron chi connectivity index (χ0n) is 12.6. The number of amides is 1. The molecule has 20 heavy (non-hydrogen) atoms. The molecule has 0 bridgehead atoms. The van der Waals surface area contributed by atoms with Crippen molar-refractivity contribution in [3.05, 3.63) is 29.8 Å². The van der Waals surface area contributed by atoms with Crippen LogP contribution in [0.15, 0.2) is 24.3 Å². The Hall–Kier alpha value is -1.75. The van der Waals surface area contributed by atoms with Gasteiger partial charge in [-0.25, -0.2) is 4.79 Å². The molecule has 0 aromatic heterocycles. The number of methoxy groups -OCH3 is 1. The number of carbonyl (C=O) groups excluding carboxylic acids is 1. The monoisotopic (exact) mass is 281 g/mol. The third kappa shape index (κ3) is 5.09. The average Bonchev–Trinajstić information content (AvgIpc) is 2.35. The lowest BCUT2D eigenvalue weighted by Crippen LogP contribution is -2.40. The van der Waals surface area contributed by atoms with E-state index in [4.69, 9.17) is 9.47 Å². The van der Waals surface area contributed by atoms with Crippen molar-refractivity contribution in [3.8, 4) is 5.75 Å². The average molecular weight is 281 g/mol. The molecule has 0 aliphatic heterocycles. The number of hydrogen-bond acceptors (Lipinski definition) is 4. The highest BCUT2D eigenvalue weighted by Crippen LogP contribution is 2.20. The Morgan fingerprint density at radius 1 is 1.25 bits per heavy atom. The molecule has 1 rings (SSSR count). The molecule has 112 valence electrons. The Morgan fingerprint density at radius 3 is 2.25 bits per heavy atom. The Balaban J connectivity index is 2.61. The van der Waals surface area contributed by atoms with Crippen LogP contribution in [0, 0.1) is 0 Å². The minimum absolute atomic E-state index is 0.460. The number of benzene rings is 1. The van der Waals surface area contributed by atoms with E-state index in [1.165, 1.54) is 0 Å². The largest absolute Gasteiger partial charge is 0.497 e. The fourth-order valence-electron chi connectivity index (χ4n) is 1.66. The maximum absolute atomic E-state index is 11.6. The number of alkyl carbamates (subject to hydrolysis) is 1. The van der Waals surface area contributed by atoms with E-state index < -0.39 is 23.8 Å². The van der Waals surface area contributed by atoms with Crippen molar-refractivity contribution in [1.82, 2.24) is 5.32 Å². The van der Waals surface area contributed by atoms with Crippen molar-refractivity contribution in [2.75, 3.05) is 7.11 Å². The second kappa shape index (κ2) is 6.61. The number of nitrogens with one attached hydrogen (secondary N) is 1. The van der Waals surface area contributed by atoms with Crippen molar-refractivity contribution in [2.24, 2.45) is 0 Å². The summed E-state index contributed by atoms with van der Waals surface area (Å²) in [6, 6.07) is 6.59. The van der Waals surface area contributed by atoms with Gasteiger partial charge in [0.2, 0.25) is 0 Å². The van der Waals surface area contributed by atoms with E-state index in [1.807, 2.05) is 0 Å². The number of aliphatic hydroxyl groups excluding tert-OH is 1. The molecule has 1 amide bonds. The van der Waals surface area contributed by atoms with Crippen molar-refractivity contribution in [1.29, 1.82) is 0 Å². The normalized spacial score (nSPS) is 14.3. The first-order valence-electron chi connectivity index (χ1n) is 6.54. The van der Waals surface area contributed by atoms with Crippen LogP contribution in [0.25, 0.3) is 0 Å². The molecule has 1 aromatic rings. The molecular weight excluding hydrogens is 258 g/mol. The molecule has 0 aliphatic carbocycles. The molecule has 5 heteroatoms. The summed E-state index contributed by atoms with van der Waals surface area (Å²) in [4.78, 5) is 11.6. The Kier molecular flexibility index (Phi) is 5.39. The van der Waals surface area contributed by atoms with Crippen LogP contribution in [0.4, 0.5) is 4.79 Å². The van der Waals surface area contributed by atoms with E-state index in [9.17, 15) is 9.90 Å². The lowest BCUT2D eigenvalue weighted by Gasteiger charge is -2.24. The molecular formula is C15H23NO4. The number of carbonyl (C=O) groups is 1. The zero-order valence-corrected chi connectivity index (χ0v) is 12.6. The Bertz CT molecular complexity index is 436. The molecule has 2 atom stereocenters. The highest BCUT2D eigenvalue weighted by Gasteiger charge is 2.22. The van der Waals surface area contributed by atoms with E-state index in [2.05, 4.69) is 5.32 Å². The fourth-order valence-corrected chi connectivity index (χ4v) is 1.66. The molecule has 2 unspecified atom stereocenters. The van der Waals surface area contributed by atoms with Crippen molar-refractivity contribution in [3.63, 3.8) is 0 Å². The van der Waals surface area contributed by atoms with Gasteiger partial charge in [-0.2, -0.15) is 0 Å².